The summed E-state index contributed by atoms with van der Waals surface area (Å²) in [6.07, 6.45) is 0. The van der Waals surface area contributed by atoms with Crippen LogP contribution in [-0.4, -0.2) is 19.5 Å². The molecule has 0 amide bonds. The van der Waals surface area contributed by atoms with E-state index in [1.165, 1.54) is 19.6 Å². The van der Waals surface area contributed by atoms with E-state index in [0.717, 1.165) is 66.0 Å². The molecule has 3 aromatic heterocycles. The van der Waals surface area contributed by atoms with Gasteiger partial charge in [0.25, 0.3) is 0 Å². The Balaban J connectivity index is 1.19. The Morgan fingerprint density at radius 1 is 0.349 bits per heavy atom. The molecule has 298 valence electrons. The van der Waals surface area contributed by atoms with E-state index in [4.69, 9.17) is 19.4 Å². The van der Waals surface area contributed by atoms with Crippen LogP contribution in [0.25, 0.3) is 83.6 Å². The first-order chi connectivity index (χ1) is 31.2. The van der Waals surface area contributed by atoms with Crippen LogP contribution in [-0.2, 0) is 0 Å². The molecule has 0 aliphatic rings. The van der Waals surface area contributed by atoms with E-state index >= 15 is 0 Å². The van der Waals surface area contributed by atoms with Crippen LogP contribution in [0.2, 0.25) is 0 Å². The van der Waals surface area contributed by atoms with Gasteiger partial charge in [0.05, 0.1) is 5.52 Å². The van der Waals surface area contributed by atoms with Gasteiger partial charge in [0, 0.05) is 52.3 Å². The van der Waals surface area contributed by atoms with E-state index in [1.54, 1.807) is 0 Å². The van der Waals surface area contributed by atoms with Crippen molar-refractivity contribution >= 4 is 53.8 Å². The second-order valence-corrected chi connectivity index (χ2v) is 18.7. The number of furan rings is 1. The van der Waals surface area contributed by atoms with Crippen molar-refractivity contribution in [2.45, 2.75) is 19.6 Å². The summed E-state index contributed by atoms with van der Waals surface area (Å²) in [4.78, 5) is 20.9. The maximum absolute atomic E-state index is 6.87. The molecule has 3 heterocycles. The topological polar surface area (TPSA) is 56.7 Å². The first-order valence-electron chi connectivity index (χ1n) is 21.1. The minimum Gasteiger partial charge on any atom is -0.454 e. The molecule has 0 N–H and O–H groups in total. The van der Waals surface area contributed by atoms with Crippen LogP contribution in [0.4, 0.5) is 0 Å². The molecule has 0 aliphatic heterocycles. The lowest BCUT2D eigenvalue weighted by Gasteiger charge is -2.42. The van der Waals surface area contributed by atoms with Crippen LogP contribution in [0.5, 0.6) is 0 Å². The number of benzene rings is 9. The lowest BCUT2D eigenvalue weighted by molar-refractivity contribution is 0.670. The zero-order valence-electron chi connectivity index (χ0n) is 34.0. The molecule has 0 unspecified atom stereocenters. The fraction of sp³-hybridized carbons (Fsp3) is 0. The molecule has 6 heteroatoms. The van der Waals surface area contributed by atoms with Gasteiger partial charge in [0.2, 0.25) is 5.95 Å². The van der Waals surface area contributed by atoms with Gasteiger partial charge in [0.1, 0.15) is 11.1 Å². The Hall–Kier alpha value is -8.06. The minimum atomic E-state index is -1.98. The Bertz CT molecular complexity index is 3510. The monoisotopic (exact) mass is 826 g/mol. The fourth-order valence-corrected chi connectivity index (χ4v) is 13.0. The van der Waals surface area contributed by atoms with E-state index in [1.807, 2.05) is 36.4 Å². The predicted molar refractivity (Wildman–Crippen MR) is 258 cm³/mol. The molecule has 0 fully saturated rings. The zero-order valence-corrected chi connectivity index (χ0v) is 34.9. The number of rotatable bonds is 8. The summed E-state index contributed by atoms with van der Waals surface area (Å²) in [6.45, 7) is 0. The molecule has 0 aliphatic carbocycles. The summed E-state index contributed by atoms with van der Waals surface area (Å²) in [5, 5.41) is 4.23. The average molecular weight is 827 g/mol. The summed E-state index contributed by atoms with van der Waals surface area (Å²) in [6, 6.07) is 81.7. The van der Waals surface area contributed by atoms with Crippen molar-refractivity contribution in [3.63, 3.8) is 0 Å². The number of fused-ring (bicyclic) bond motifs is 7. The standard InChI is InChI=1S/C57H38N4OS/c1-6-19-39(20-7-1)41-23-18-24-42(37-41)56-58-55(40-21-8-2-9-22-40)59-57(60-56)61-51-36-33-46(38-50(51)48-34-35-49-47-31-16-17-32-52(47)62-54(49)53(48)61)63(43-25-10-3-11-26-43,44-27-12-4-13-28-44)45-29-14-5-15-30-45/h1-38H. The second kappa shape index (κ2) is 15.1. The molecular formula is C57H38N4OS. The summed E-state index contributed by atoms with van der Waals surface area (Å²) >= 11 is 0. The van der Waals surface area contributed by atoms with Crippen molar-refractivity contribution in [3.05, 3.63) is 231 Å². The van der Waals surface area contributed by atoms with Gasteiger partial charge < -0.3 is 4.42 Å². The van der Waals surface area contributed by atoms with Gasteiger partial charge in [-0.25, -0.2) is 4.98 Å². The summed E-state index contributed by atoms with van der Waals surface area (Å²) in [7, 11) is -1.98. The van der Waals surface area contributed by atoms with Crippen LogP contribution in [0, 0.1) is 0 Å². The third kappa shape index (κ3) is 6.06. The molecule has 0 saturated heterocycles. The van der Waals surface area contributed by atoms with Crippen LogP contribution in [0.3, 0.4) is 0 Å². The van der Waals surface area contributed by atoms with Crippen molar-refractivity contribution in [2.24, 2.45) is 0 Å². The SMILES string of the molecule is c1ccc(-c2cccc(-c3nc(-c4ccccc4)nc(-n4c5ccc(S(c6ccccc6)(c6ccccc6)c6ccccc6)cc5c5ccc6c7ccccc7oc6c54)n3)c2)cc1. The van der Waals surface area contributed by atoms with Crippen LogP contribution < -0.4 is 0 Å². The average Bonchev–Trinajstić information content (AvgIpc) is 3.92. The molecule has 0 radical (unpaired) electrons. The minimum absolute atomic E-state index is 0.512. The van der Waals surface area contributed by atoms with E-state index in [0.29, 0.717) is 17.6 Å². The summed E-state index contributed by atoms with van der Waals surface area (Å²) < 4.78 is 9.07. The lowest BCUT2D eigenvalue weighted by Crippen LogP contribution is -2.07. The van der Waals surface area contributed by atoms with E-state index in [-0.39, 0.29) is 0 Å². The van der Waals surface area contributed by atoms with E-state index in [2.05, 4.69) is 199 Å². The maximum atomic E-state index is 6.87. The van der Waals surface area contributed by atoms with Crippen LogP contribution in [0.1, 0.15) is 0 Å². The second-order valence-electron chi connectivity index (χ2n) is 15.6. The van der Waals surface area contributed by atoms with Gasteiger partial charge in [-0.3, -0.25) is 4.57 Å². The molecule has 0 atom stereocenters. The first-order valence-corrected chi connectivity index (χ1v) is 22.7. The van der Waals surface area contributed by atoms with Crippen molar-refractivity contribution in [1.82, 2.24) is 19.5 Å². The largest absolute Gasteiger partial charge is 0.454 e. The molecule has 9 aromatic carbocycles. The van der Waals surface area contributed by atoms with Crippen molar-refractivity contribution in [1.29, 1.82) is 0 Å². The third-order valence-corrected chi connectivity index (χ3v) is 15.9. The molecule has 12 rings (SSSR count). The highest BCUT2D eigenvalue weighted by molar-refractivity contribution is 8.34. The van der Waals surface area contributed by atoms with E-state index < -0.39 is 10.0 Å². The Labute approximate surface area is 365 Å². The van der Waals surface area contributed by atoms with Gasteiger partial charge in [-0.15, -0.1) is 10.0 Å². The zero-order chi connectivity index (χ0) is 41.7. The van der Waals surface area contributed by atoms with Crippen LogP contribution >= 0.6 is 10.0 Å². The van der Waals surface area contributed by atoms with E-state index in [9.17, 15) is 0 Å². The van der Waals surface area contributed by atoms with Crippen molar-refractivity contribution in [2.75, 3.05) is 0 Å². The fourth-order valence-electron chi connectivity index (χ4n) is 9.13. The summed E-state index contributed by atoms with van der Waals surface area (Å²) in [5.74, 6) is 1.68. The molecule has 63 heavy (non-hydrogen) atoms. The number of hydrogen-bond acceptors (Lipinski definition) is 4. The Morgan fingerprint density at radius 3 is 1.52 bits per heavy atom. The molecule has 0 spiro atoms. The van der Waals surface area contributed by atoms with Crippen LogP contribution in [0.15, 0.2) is 255 Å². The smallest absolute Gasteiger partial charge is 0.238 e. The highest BCUT2D eigenvalue weighted by atomic mass is 32.3. The number of aromatic nitrogens is 4. The number of para-hydroxylation sites is 1. The lowest BCUT2D eigenvalue weighted by atomic mass is 10.0. The molecular weight excluding hydrogens is 789 g/mol. The van der Waals surface area contributed by atoms with Gasteiger partial charge >= 0.3 is 0 Å². The maximum Gasteiger partial charge on any atom is 0.238 e. The van der Waals surface area contributed by atoms with Gasteiger partial charge in [0.15, 0.2) is 17.2 Å². The molecule has 12 aromatic rings. The highest BCUT2D eigenvalue weighted by Gasteiger charge is 2.34. The highest BCUT2D eigenvalue weighted by Crippen LogP contribution is 2.73. The van der Waals surface area contributed by atoms with Crippen molar-refractivity contribution in [3.8, 4) is 39.9 Å². The molecule has 0 bridgehead atoms. The summed E-state index contributed by atoms with van der Waals surface area (Å²) in [5.41, 5.74) is 7.51. The third-order valence-electron chi connectivity index (χ3n) is 12.0. The van der Waals surface area contributed by atoms with Gasteiger partial charge in [-0.1, -0.05) is 158 Å². The Kier molecular flexibility index (Phi) is 8.83. The first kappa shape index (κ1) is 36.8. The molecule has 5 nitrogen and oxygen atoms in total. The van der Waals surface area contributed by atoms with Gasteiger partial charge in [-0.2, -0.15) is 9.97 Å². The number of nitrogens with zero attached hydrogens (tertiary/aromatic N) is 4. The molecule has 0 saturated carbocycles. The van der Waals surface area contributed by atoms with Gasteiger partial charge in [-0.05, 0) is 83.9 Å². The quantitative estimate of drug-likeness (QED) is 0.153. The Morgan fingerprint density at radius 2 is 0.873 bits per heavy atom. The van der Waals surface area contributed by atoms with Crippen molar-refractivity contribution < 1.29 is 4.42 Å². The normalized spacial score (nSPS) is 12.1. The predicted octanol–water partition coefficient (Wildman–Crippen LogP) is 15.2. The number of hydrogen-bond donors (Lipinski definition) is 0.